The number of aromatic nitrogens is 1. The van der Waals surface area contributed by atoms with Crippen LogP contribution in [0.5, 0.6) is 0 Å². The number of carbonyl (C=O) groups excluding carboxylic acids is 2. The Morgan fingerprint density at radius 3 is 2.63 bits per heavy atom. The SMILES string of the molecule is CCn1ccc2cc(S(=O)(=O)N3CCCN(C(=O)NC(C)C(=O)OC)CC3)ccc21. The lowest BCUT2D eigenvalue weighted by Crippen LogP contribution is -2.48. The van der Waals surface area contributed by atoms with Crippen LogP contribution in [-0.2, 0) is 26.1 Å². The molecule has 0 spiro atoms. The van der Waals surface area contributed by atoms with Gasteiger partial charge in [-0.25, -0.2) is 18.0 Å². The third-order valence-corrected chi connectivity index (χ3v) is 7.25. The van der Waals surface area contributed by atoms with Gasteiger partial charge >= 0.3 is 12.0 Å². The maximum Gasteiger partial charge on any atom is 0.328 e. The number of ether oxygens (including phenoxy) is 1. The number of nitrogens with zero attached hydrogens (tertiary/aromatic N) is 3. The van der Waals surface area contributed by atoms with Crippen LogP contribution in [0.15, 0.2) is 35.4 Å². The van der Waals surface area contributed by atoms with Gasteiger partial charge in [0.05, 0.1) is 12.0 Å². The number of sulfonamides is 1. The zero-order chi connectivity index (χ0) is 21.9. The monoisotopic (exact) mass is 436 g/mol. The summed E-state index contributed by atoms with van der Waals surface area (Å²) in [5, 5.41) is 3.46. The van der Waals surface area contributed by atoms with Gasteiger partial charge in [0, 0.05) is 49.8 Å². The van der Waals surface area contributed by atoms with Gasteiger partial charge in [-0.3, -0.25) is 0 Å². The summed E-state index contributed by atoms with van der Waals surface area (Å²) in [5.74, 6) is -0.533. The van der Waals surface area contributed by atoms with Crippen molar-refractivity contribution in [2.24, 2.45) is 0 Å². The van der Waals surface area contributed by atoms with E-state index < -0.39 is 28.1 Å². The first-order valence-corrected chi connectivity index (χ1v) is 11.4. The largest absolute Gasteiger partial charge is 0.467 e. The Labute approximate surface area is 176 Å². The lowest BCUT2D eigenvalue weighted by molar-refractivity contribution is -0.142. The molecule has 1 saturated heterocycles. The molecule has 1 aromatic heterocycles. The molecule has 164 valence electrons. The number of nitrogens with one attached hydrogen (secondary N) is 1. The highest BCUT2D eigenvalue weighted by atomic mass is 32.2. The predicted molar refractivity (Wildman–Crippen MR) is 113 cm³/mol. The van der Waals surface area contributed by atoms with E-state index >= 15 is 0 Å². The molecule has 30 heavy (non-hydrogen) atoms. The molecule has 1 aliphatic rings. The smallest absolute Gasteiger partial charge is 0.328 e. The van der Waals surface area contributed by atoms with E-state index in [9.17, 15) is 18.0 Å². The minimum atomic E-state index is -3.67. The molecule has 0 radical (unpaired) electrons. The second-order valence-corrected chi connectivity index (χ2v) is 9.20. The van der Waals surface area contributed by atoms with Crippen LogP contribution in [0.25, 0.3) is 10.9 Å². The Hall–Kier alpha value is -2.59. The lowest BCUT2D eigenvalue weighted by atomic mass is 10.2. The van der Waals surface area contributed by atoms with Crippen molar-refractivity contribution in [1.82, 2.24) is 19.1 Å². The molecule has 9 nitrogen and oxygen atoms in total. The van der Waals surface area contributed by atoms with Gasteiger partial charge in [-0.2, -0.15) is 4.31 Å². The van der Waals surface area contributed by atoms with E-state index in [0.717, 1.165) is 17.4 Å². The highest BCUT2D eigenvalue weighted by Gasteiger charge is 2.29. The molecule has 1 unspecified atom stereocenters. The van der Waals surface area contributed by atoms with Gasteiger partial charge in [-0.15, -0.1) is 0 Å². The fraction of sp³-hybridized carbons (Fsp3) is 0.500. The van der Waals surface area contributed by atoms with Crippen LogP contribution in [0.4, 0.5) is 4.79 Å². The number of hydrogen-bond donors (Lipinski definition) is 1. The maximum atomic E-state index is 13.2. The average molecular weight is 437 g/mol. The van der Waals surface area contributed by atoms with E-state index in [-0.39, 0.29) is 18.0 Å². The van der Waals surface area contributed by atoms with Gasteiger partial charge < -0.3 is 19.5 Å². The van der Waals surface area contributed by atoms with Gasteiger partial charge in [0.25, 0.3) is 0 Å². The molecule has 1 aromatic carbocycles. The molecule has 2 amide bonds. The van der Waals surface area contributed by atoms with Crippen molar-refractivity contribution in [3.63, 3.8) is 0 Å². The zero-order valence-corrected chi connectivity index (χ0v) is 18.3. The van der Waals surface area contributed by atoms with Crippen LogP contribution in [0.1, 0.15) is 20.3 Å². The molecule has 2 heterocycles. The van der Waals surface area contributed by atoms with E-state index in [0.29, 0.717) is 19.5 Å². The van der Waals surface area contributed by atoms with Crippen molar-refractivity contribution in [2.45, 2.75) is 37.8 Å². The van der Waals surface area contributed by atoms with E-state index in [2.05, 4.69) is 14.6 Å². The number of aryl methyl sites for hydroxylation is 1. The fourth-order valence-corrected chi connectivity index (χ4v) is 5.12. The number of urea groups is 1. The van der Waals surface area contributed by atoms with E-state index in [1.165, 1.54) is 16.3 Å². The molecule has 3 rings (SSSR count). The van der Waals surface area contributed by atoms with Crippen molar-refractivity contribution < 1.29 is 22.7 Å². The van der Waals surface area contributed by atoms with E-state index in [1.54, 1.807) is 19.1 Å². The molecule has 1 atom stereocenters. The molecule has 10 heteroatoms. The summed E-state index contributed by atoms with van der Waals surface area (Å²) < 4.78 is 34.5. The van der Waals surface area contributed by atoms with Crippen molar-refractivity contribution in [1.29, 1.82) is 0 Å². The zero-order valence-electron chi connectivity index (χ0n) is 17.5. The van der Waals surface area contributed by atoms with Crippen molar-refractivity contribution in [2.75, 3.05) is 33.3 Å². The van der Waals surface area contributed by atoms with Crippen molar-refractivity contribution in [3.05, 3.63) is 30.5 Å². The Morgan fingerprint density at radius 2 is 1.93 bits per heavy atom. The Balaban J connectivity index is 1.71. The predicted octanol–water partition coefficient (Wildman–Crippen LogP) is 1.63. The minimum absolute atomic E-state index is 0.191. The quantitative estimate of drug-likeness (QED) is 0.718. The molecule has 0 aliphatic carbocycles. The standard InChI is InChI=1S/C20H28N4O5S/c1-4-22-11-8-16-14-17(6-7-18(16)22)30(27,28)24-10-5-9-23(12-13-24)20(26)21-15(2)19(25)29-3/h6-8,11,14-15H,4-5,9-10,12-13H2,1-3H3,(H,21,26). The molecule has 1 fully saturated rings. The molecule has 0 bridgehead atoms. The number of fused-ring (bicyclic) bond motifs is 1. The number of methoxy groups -OCH3 is 1. The number of hydrogen-bond acceptors (Lipinski definition) is 5. The summed E-state index contributed by atoms with van der Waals surface area (Å²) in [7, 11) is -2.41. The second kappa shape index (κ2) is 9.05. The summed E-state index contributed by atoms with van der Waals surface area (Å²) in [5.41, 5.74) is 0.995. The lowest BCUT2D eigenvalue weighted by Gasteiger charge is -2.23. The van der Waals surface area contributed by atoms with Crippen LogP contribution in [0.3, 0.4) is 0 Å². The number of rotatable bonds is 5. The first kappa shape index (κ1) is 22.1. The Kier molecular flexibility index (Phi) is 6.67. The molecule has 0 saturated carbocycles. The van der Waals surface area contributed by atoms with Gasteiger partial charge in [0.15, 0.2) is 0 Å². The Bertz CT molecular complexity index is 1030. The van der Waals surface area contributed by atoms with Gasteiger partial charge in [0.2, 0.25) is 10.0 Å². The van der Waals surface area contributed by atoms with Crippen LogP contribution >= 0.6 is 0 Å². The van der Waals surface area contributed by atoms with Crippen molar-refractivity contribution in [3.8, 4) is 0 Å². The number of carbonyl (C=O) groups is 2. The normalized spacial score (nSPS) is 16.8. The summed E-state index contributed by atoms with van der Waals surface area (Å²) in [6, 6.07) is 5.90. The number of esters is 1. The van der Waals surface area contributed by atoms with Crippen LogP contribution in [0.2, 0.25) is 0 Å². The third-order valence-electron chi connectivity index (χ3n) is 5.36. The fourth-order valence-electron chi connectivity index (χ4n) is 3.61. The molecular formula is C20H28N4O5S. The molecule has 2 aromatic rings. The summed E-state index contributed by atoms with van der Waals surface area (Å²) in [6.45, 7) is 5.56. The summed E-state index contributed by atoms with van der Waals surface area (Å²) >= 11 is 0. The average Bonchev–Trinajstić information content (AvgIpc) is 2.98. The highest BCUT2D eigenvalue weighted by Crippen LogP contribution is 2.24. The number of amides is 2. The first-order chi connectivity index (χ1) is 14.3. The summed E-state index contributed by atoms with van der Waals surface area (Å²) in [4.78, 5) is 25.7. The molecule has 1 aliphatic heterocycles. The van der Waals surface area contributed by atoms with Gasteiger partial charge in [0.1, 0.15) is 6.04 Å². The van der Waals surface area contributed by atoms with Gasteiger partial charge in [-0.1, -0.05) is 0 Å². The number of benzene rings is 1. The second-order valence-electron chi connectivity index (χ2n) is 7.26. The molecular weight excluding hydrogens is 408 g/mol. The van der Waals surface area contributed by atoms with E-state index in [4.69, 9.17) is 0 Å². The molecule has 1 N–H and O–H groups in total. The van der Waals surface area contributed by atoms with Crippen molar-refractivity contribution >= 4 is 32.9 Å². The highest BCUT2D eigenvalue weighted by molar-refractivity contribution is 7.89. The maximum absolute atomic E-state index is 13.2. The van der Waals surface area contributed by atoms with Gasteiger partial charge in [-0.05, 0) is 44.5 Å². The van der Waals surface area contributed by atoms with Crippen LogP contribution in [0, 0.1) is 0 Å². The topological polar surface area (TPSA) is 101 Å². The third kappa shape index (κ3) is 4.44. The summed E-state index contributed by atoms with van der Waals surface area (Å²) in [6.07, 6.45) is 2.45. The van der Waals surface area contributed by atoms with Crippen LogP contribution in [-0.4, -0.2) is 73.5 Å². The van der Waals surface area contributed by atoms with E-state index in [1.807, 2.05) is 25.3 Å². The minimum Gasteiger partial charge on any atom is -0.467 e. The Morgan fingerprint density at radius 1 is 1.17 bits per heavy atom. The first-order valence-electron chi connectivity index (χ1n) is 10.00. The van der Waals surface area contributed by atoms with Crippen LogP contribution < -0.4 is 5.32 Å².